The summed E-state index contributed by atoms with van der Waals surface area (Å²) in [4.78, 5) is 13.1. The molecule has 0 aliphatic carbocycles. The van der Waals surface area contributed by atoms with E-state index in [4.69, 9.17) is 4.74 Å². The summed E-state index contributed by atoms with van der Waals surface area (Å²) < 4.78 is 31.1. The first kappa shape index (κ1) is 23.3. The van der Waals surface area contributed by atoms with E-state index in [0.29, 0.717) is 6.42 Å². The van der Waals surface area contributed by atoms with E-state index in [1.165, 1.54) is 0 Å². The van der Waals surface area contributed by atoms with Crippen LogP contribution in [0, 0.1) is 5.41 Å². The Kier molecular flexibility index (Phi) is 6.24. The minimum atomic E-state index is -3.09. The summed E-state index contributed by atoms with van der Waals surface area (Å²) in [6, 6.07) is 8.91. The summed E-state index contributed by atoms with van der Waals surface area (Å²) >= 11 is 0. The summed E-state index contributed by atoms with van der Waals surface area (Å²) in [5.41, 5.74) is 1.52. The molecular weight excluding hydrogens is 414 g/mol. The molecule has 0 saturated carbocycles. The van der Waals surface area contributed by atoms with Crippen LogP contribution in [-0.2, 0) is 9.84 Å². The van der Waals surface area contributed by atoms with Crippen LogP contribution in [0.1, 0.15) is 64.0 Å². The van der Waals surface area contributed by atoms with Gasteiger partial charge in [-0.05, 0) is 62.4 Å². The van der Waals surface area contributed by atoms with Gasteiger partial charge in [-0.3, -0.25) is 9.48 Å². The van der Waals surface area contributed by atoms with Crippen LogP contribution in [0.2, 0.25) is 0 Å². The molecule has 0 unspecified atom stereocenters. The molecule has 7 nitrogen and oxygen atoms in total. The second-order valence-electron chi connectivity index (χ2n) is 10.2. The van der Waals surface area contributed by atoms with E-state index < -0.39 is 15.4 Å². The van der Waals surface area contributed by atoms with Crippen LogP contribution in [-0.4, -0.2) is 48.3 Å². The number of carbonyl (C=O) groups excluding carboxylic acids is 1. The van der Waals surface area contributed by atoms with Crippen molar-refractivity contribution < 1.29 is 17.9 Å². The van der Waals surface area contributed by atoms with Gasteiger partial charge < -0.3 is 10.1 Å². The molecule has 0 bridgehead atoms. The van der Waals surface area contributed by atoms with Crippen LogP contribution in [0.25, 0.3) is 11.3 Å². The van der Waals surface area contributed by atoms with Crippen molar-refractivity contribution in [2.75, 3.05) is 18.6 Å². The van der Waals surface area contributed by atoms with E-state index in [-0.39, 0.29) is 34.6 Å². The van der Waals surface area contributed by atoms with Crippen molar-refractivity contribution in [1.82, 2.24) is 15.1 Å². The number of nitrogens with one attached hydrogen (secondary N) is 1. The average molecular weight is 448 g/mol. The lowest BCUT2D eigenvalue weighted by Crippen LogP contribution is -2.46. The van der Waals surface area contributed by atoms with Gasteiger partial charge in [0, 0.05) is 11.1 Å². The molecule has 8 heteroatoms. The predicted octanol–water partition coefficient (Wildman–Crippen LogP) is 3.86. The largest absolute Gasteiger partial charge is 0.497 e. The lowest BCUT2D eigenvalue weighted by Gasteiger charge is -2.33. The fourth-order valence-corrected chi connectivity index (χ4v) is 6.16. The Hall–Kier alpha value is -2.35. The zero-order valence-corrected chi connectivity index (χ0v) is 20.0. The van der Waals surface area contributed by atoms with Gasteiger partial charge in [-0.15, -0.1) is 0 Å². The maximum Gasteiger partial charge on any atom is 0.272 e. The van der Waals surface area contributed by atoms with E-state index in [2.05, 4.69) is 31.2 Å². The number of hydrogen-bond donors (Lipinski definition) is 1. The molecule has 1 N–H and O–H groups in total. The smallest absolute Gasteiger partial charge is 0.272 e. The van der Waals surface area contributed by atoms with Crippen LogP contribution in [0.5, 0.6) is 5.75 Å². The Labute approximate surface area is 185 Å². The van der Waals surface area contributed by atoms with Gasteiger partial charge in [-0.1, -0.05) is 20.8 Å². The molecule has 1 amide bonds. The number of hydrogen-bond acceptors (Lipinski definition) is 5. The second-order valence-corrected chi connectivity index (χ2v) is 12.4. The van der Waals surface area contributed by atoms with E-state index in [1.54, 1.807) is 17.9 Å². The van der Waals surface area contributed by atoms with Crippen LogP contribution in [0.3, 0.4) is 0 Å². The Balaban J connectivity index is 1.95. The lowest BCUT2D eigenvalue weighted by atomic mass is 9.82. The van der Waals surface area contributed by atoms with E-state index in [0.717, 1.165) is 23.4 Å². The maximum absolute atomic E-state index is 13.1. The third-order valence-electron chi connectivity index (χ3n) is 5.33. The molecule has 1 aliphatic heterocycles. The highest BCUT2D eigenvalue weighted by atomic mass is 32.2. The highest BCUT2D eigenvalue weighted by molar-refractivity contribution is 7.91. The minimum absolute atomic E-state index is 0.0361. The molecule has 1 saturated heterocycles. The number of nitrogens with zero attached hydrogens (tertiary/aromatic N) is 2. The highest BCUT2D eigenvalue weighted by Crippen LogP contribution is 2.32. The van der Waals surface area contributed by atoms with Crippen molar-refractivity contribution in [2.24, 2.45) is 5.41 Å². The van der Waals surface area contributed by atoms with Crippen LogP contribution >= 0.6 is 0 Å². The molecule has 1 aromatic carbocycles. The predicted molar refractivity (Wildman–Crippen MR) is 122 cm³/mol. The first-order valence-electron chi connectivity index (χ1n) is 10.6. The van der Waals surface area contributed by atoms with Gasteiger partial charge in [0.15, 0.2) is 15.5 Å². The molecule has 2 aromatic rings. The normalized spacial score (nSPS) is 18.7. The Bertz CT molecular complexity index is 1050. The second kappa shape index (κ2) is 8.30. The molecule has 170 valence electrons. The molecule has 1 fully saturated rings. The van der Waals surface area contributed by atoms with Gasteiger partial charge in [0.1, 0.15) is 5.75 Å². The van der Waals surface area contributed by atoms with Gasteiger partial charge in [-0.25, -0.2) is 8.42 Å². The standard InChI is InChI=1S/C23H33N3O4S/c1-22(2,3)15-23(4,5)24-21(27)19-13-20(16-7-9-18(30-6)10-8-16)26(25-19)17-11-12-31(28,29)14-17/h7-10,13,17H,11-12,14-15H2,1-6H3,(H,24,27)/t17-/m1/s1. The van der Waals surface area contributed by atoms with Gasteiger partial charge in [0.2, 0.25) is 0 Å². The van der Waals surface area contributed by atoms with Crippen molar-refractivity contribution in [3.05, 3.63) is 36.0 Å². The van der Waals surface area contributed by atoms with Gasteiger partial charge in [0.25, 0.3) is 5.91 Å². The number of ether oxygens (including phenoxy) is 1. The number of aromatic nitrogens is 2. The lowest BCUT2D eigenvalue weighted by molar-refractivity contribution is 0.0885. The summed E-state index contributed by atoms with van der Waals surface area (Å²) in [6.45, 7) is 10.4. The highest BCUT2D eigenvalue weighted by Gasteiger charge is 2.33. The van der Waals surface area contributed by atoms with Gasteiger partial charge in [-0.2, -0.15) is 5.10 Å². The number of benzene rings is 1. The number of carbonyl (C=O) groups is 1. The summed E-state index contributed by atoms with van der Waals surface area (Å²) in [5, 5.41) is 7.66. The summed E-state index contributed by atoms with van der Waals surface area (Å²) in [7, 11) is -1.49. The van der Waals surface area contributed by atoms with Crippen LogP contribution in [0.15, 0.2) is 30.3 Å². The van der Waals surface area contributed by atoms with Crippen LogP contribution in [0.4, 0.5) is 0 Å². The quantitative estimate of drug-likeness (QED) is 0.726. The molecule has 1 aromatic heterocycles. The summed E-state index contributed by atoms with van der Waals surface area (Å²) in [5.74, 6) is 0.637. The molecule has 3 rings (SSSR count). The SMILES string of the molecule is COc1ccc(-c2cc(C(=O)NC(C)(C)CC(C)(C)C)nn2[C@@H]2CCS(=O)(=O)C2)cc1. The fourth-order valence-electron chi connectivity index (χ4n) is 4.47. The fraction of sp³-hybridized carbons (Fsp3) is 0.565. The molecule has 2 heterocycles. The molecule has 31 heavy (non-hydrogen) atoms. The van der Waals surface area contributed by atoms with E-state index in [9.17, 15) is 13.2 Å². The Morgan fingerprint density at radius 2 is 1.84 bits per heavy atom. The van der Waals surface area contributed by atoms with Gasteiger partial charge >= 0.3 is 0 Å². The van der Waals surface area contributed by atoms with E-state index in [1.807, 2.05) is 38.1 Å². The van der Waals surface area contributed by atoms with Crippen molar-refractivity contribution in [1.29, 1.82) is 0 Å². The Morgan fingerprint density at radius 1 is 1.19 bits per heavy atom. The van der Waals surface area contributed by atoms with Crippen molar-refractivity contribution in [3.63, 3.8) is 0 Å². The van der Waals surface area contributed by atoms with Crippen LogP contribution < -0.4 is 10.1 Å². The number of methoxy groups -OCH3 is 1. The molecule has 1 aliphatic rings. The molecule has 1 atom stereocenters. The molecular formula is C23H33N3O4S. The maximum atomic E-state index is 13.1. The first-order chi connectivity index (χ1) is 14.3. The van der Waals surface area contributed by atoms with Crippen molar-refractivity contribution >= 4 is 15.7 Å². The number of amides is 1. The number of rotatable bonds is 6. The minimum Gasteiger partial charge on any atom is -0.497 e. The summed E-state index contributed by atoms with van der Waals surface area (Å²) in [6.07, 6.45) is 1.29. The first-order valence-corrected chi connectivity index (χ1v) is 12.4. The van der Waals surface area contributed by atoms with Gasteiger partial charge in [0.05, 0.1) is 30.4 Å². The molecule has 0 spiro atoms. The number of sulfone groups is 1. The topological polar surface area (TPSA) is 90.3 Å². The average Bonchev–Trinajstić information content (AvgIpc) is 3.22. The zero-order valence-electron chi connectivity index (χ0n) is 19.2. The zero-order chi connectivity index (χ0) is 23.0. The third kappa shape index (κ3) is 5.87. The monoisotopic (exact) mass is 447 g/mol. The molecule has 0 radical (unpaired) electrons. The van der Waals surface area contributed by atoms with Crippen molar-refractivity contribution in [2.45, 2.75) is 59.0 Å². The third-order valence-corrected chi connectivity index (χ3v) is 7.08. The van der Waals surface area contributed by atoms with Crippen molar-refractivity contribution in [3.8, 4) is 17.0 Å². The van der Waals surface area contributed by atoms with E-state index >= 15 is 0 Å². The Morgan fingerprint density at radius 3 is 2.35 bits per heavy atom.